The normalized spacial score (nSPS) is 11.1. The Morgan fingerprint density at radius 2 is 1.82 bits per heavy atom. The van der Waals surface area contributed by atoms with Crippen molar-refractivity contribution in [1.82, 2.24) is 10.2 Å². The van der Waals surface area contributed by atoms with Gasteiger partial charge in [0, 0.05) is 31.9 Å². The van der Waals surface area contributed by atoms with E-state index in [-0.39, 0.29) is 24.0 Å². The van der Waals surface area contributed by atoms with Gasteiger partial charge in [-0.3, -0.25) is 9.89 Å². The highest BCUT2D eigenvalue weighted by molar-refractivity contribution is 14.0. The van der Waals surface area contributed by atoms with Crippen molar-refractivity contribution in [3.63, 3.8) is 0 Å². The lowest BCUT2D eigenvalue weighted by Crippen LogP contribution is -2.30. The second kappa shape index (κ2) is 13.7. The number of hydrogen-bond acceptors (Lipinski definition) is 5. The summed E-state index contributed by atoms with van der Waals surface area (Å²) in [5.74, 6) is 3.03. The van der Waals surface area contributed by atoms with Gasteiger partial charge in [0.25, 0.3) is 0 Å². The van der Waals surface area contributed by atoms with Gasteiger partial charge in [-0.05, 0) is 49.4 Å². The number of furan rings is 1. The van der Waals surface area contributed by atoms with Gasteiger partial charge in [0.15, 0.2) is 17.5 Å². The van der Waals surface area contributed by atoms with Crippen LogP contribution < -0.4 is 20.1 Å². The number of halogens is 1. The van der Waals surface area contributed by atoms with Crippen LogP contribution in [-0.4, -0.2) is 38.7 Å². The van der Waals surface area contributed by atoms with Crippen molar-refractivity contribution in [2.75, 3.05) is 33.1 Å². The van der Waals surface area contributed by atoms with Crippen molar-refractivity contribution in [3.05, 3.63) is 77.7 Å². The molecule has 1 aromatic heterocycles. The second-order valence-electron chi connectivity index (χ2n) is 7.37. The number of hydrogen-bond donors (Lipinski definition) is 2. The monoisotopic (exact) mass is 564 g/mol. The number of guanidine groups is 1. The summed E-state index contributed by atoms with van der Waals surface area (Å²) in [7, 11) is 5.48. The van der Waals surface area contributed by atoms with Crippen LogP contribution in [0.4, 0.5) is 5.69 Å². The highest BCUT2D eigenvalue weighted by Gasteiger charge is 2.10. The van der Waals surface area contributed by atoms with Crippen molar-refractivity contribution < 1.29 is 13.9 Å². The summed E-state index contributed by atoms with van der Waals surface area (Å²) < 4.78 is 16.5. The summed E-state index contributed by atoms with van der Waals surface area (Å²) in [4.78, 5) is 6.59. The van der Waals surface area contributed by atoms with E-state index < -0.39 is 0 Å². The number of methoxy groups -OCH3 is 1. The molecule has 0 radical (unpaired) electrons. The molecule has 3 aromatic rings. The molecule has 0 bridgehead atoms. The van der Waals surface area contributed by atoms with E-state index in [0.29, 0.717) is 30.6 Å². The molecule has 1 heterocycles. The SMILES string of the molecule is CCOc1cc(NC(=NC)NCc2ccccc2CN(C)Cc2ccco2)ccc1OC.I. The smallest absolute Gasteiger partial charge is 0.195 e. The molecule has 33 heavy (non-hydrogen) atoms. The third-order valence-electron chi connectivity index (χ3n) is 4.96. The average molecular weight is 564 g/mol. The van der Waals surface area contributed by atoms with Crippen molar-refractivity contribution in [1.29, 1.82) is 0 Å². The number of nitrogens with one attached hydrogen (secondary N) is 2. The molecule has 8 heteroatoms. The number of aliphatic imine (C=N–C) groups is 1. The van der Waals surface area contributed by atoms with Gasteiger partial charge >= 0.3 is 0 Å². The zero-order chi connectivity index (χ0) is 22.8. The summed E-state index contributed by atoms with van der Waals surface area (Å²) in [6.45, 7) is 4.75. The lowest BCUT2D eigenvalue weighted by atomic mass is 10.1. The first-order chi connectivity index (χ1) is 15.6. The number of anilines is 1. The molecule has 0 saturated heterocycles. The topological polar surface area (TPSA) is 71.3 Å². The molecular formula is C25H33IN4O3. The molecule has 0 fully saturated rings. The van der Waals surface area contributed by atoms with Crippen molar-refractivity contribution in [2.24, 2.45) is 4.99 Å². The van der Waals surface area contributed by atoms with Crippen LogP contribution in [0.3, 0.4) is 0 Å². The molecule has 0 atom stereocenters. The molecule has 3 rings (SSSR count). The Hall–Kier alpha value is -2.72. The molecule has 0 aliphatic rings. The Morgan fingerprint density at radius 1 is 1.03 bits per heavy atom. The summed E-state index contributed by atoms with van der Waals surface area (Å²) in [6.07, 6.45) is 1.71. The first kappa shape index (κ1) is 26.5. The van der Waals surface area contributed by atoms with Gasteiger partial charge in [-0.25, -0.2) is 0 Å². The minimum Gasteiger partial charge on any atom is -0.493 e. The summed E-state index contributed by atoms with van der Waals surface area (Å²) in [6, 6.07) is 18.1. The number of rotatable bonds is 10. The third-order valence-corrected chi connectivity index (χ3v) is 4.96. The van der Waals surface area contributed by atoms with Crippen molar-refractivity contribution in [3.8, 4) is 11.5 Å². The highest BCUT2D eigenvalue weighted by Crippen LogP contribution is 2.30. The highest BCUT2D eigenvalue weighted by atomic mass is 127. The molecule has 2 N–H and O–H groups in total. The summed E-state index contributed by atoms with van der Waals surface area (Å²) in [5, 5.41) is 6.72. The van der Waals surface area contributed by atoms with E-state index in [1.165, 1.54) is 11.1 Å². The first-order valence-corrected chi connectivity index (χ1v) is 10.7. The summed E-state index contributed by atoms with van der Waals surface area (Å²) in [5.41, 5.74) is 3.34. The van der Waals surface area contributed by atoms with E-state index in [1.54, 1.807) is 20.4 Å². The Labute approximate surface area is 213 Å². The Bertz CT molecular complexity index is 1010. The predicted molar refractivity (Wildman–Crippen MR) is 144 cm³/mol. The molecule has 178 valence electrons. The van der Waals surface area contributed by atoms with Gasteiger partial charge in [-0.1, -0.05) is 24.3 Å². The molecule has 0 spiro atoms. The largest absolute Gasteiger partial charge is 0.493 e. The molecule has 0 saturated carbocycles. The average Bonchev–Trinajstić information content (AvgIpc) is 3.30. The van der Waals surface area contributed by atoms with Gasteiger partial charge in [0.1, 0.15) is 5.76 Å². The minimum atomic E-state index is 0. The zero-order valence-corrected chi connectivity index (χ0v) is 22.0. The molecule has 2 aromatic carbocycles. The van der Waals surface area contributed by atoms with Crippen molar-refractivity contribution in [2.45, 2.75) is 26.6 Å². The molecular weight excluding hydrogens is 531 g/mol. The maximum Gasteiger partial charge on any atom is 0.195 e. The van der Waals surface area contributed by atoms with Gasteiger partial charge in [0.05, 0.1) is 26.5 Å². The quantitative estimate of drug-likeness (QED) is 0.202. The predicted octanol–water partition coefficient (Wildman–Crippen LogP) is 5.12. The Balaban J connectivity index is 0.00000385. The van der Waals surface area contributed by atoms with E-state index in [9.17, 15) is 0 Å². The standard InChI is InChI=1S/C25H32N4O3.HI/c1-5-31-24-15-21(12-13-23(24)30-4)28-25(26-2)27-16-19-9-6-7-10-20(19)17-29(3)18-22-11-8-14-32-22;/h6-15H,5,16-18H2,1-4H3,(H2,26,27,28);1H. The van der Waals surface area contributed by atoms with Gasteiger partial charge in [-0.2, -0.15) is 0 Å². The van der Waals surface area contributed by atoms with Crippen LogP contribution in [0, 0.1) is 0 Å². The zero-order valence-electron chi connectivity index (χ0n) is 19.6. The van der Waals surface area contributed by atoms with Gasteiger partial charge in [-0.15, -0.1) is 24.0 Å². The van der Waals surface area contributed by atoms with Crippen LogP contribution >= 0.6 is 24.0 Å². The number of benzene rings is 2. The lowest BCUT2D eigenvalue weighted by Gasteiger charge is -2.19. The maximum atomic E-state index is 5.67. The van der Waals surface area contributed by atoms with Crippen LogP contribution in [0.15, 0.2) is 70.3 Å². The van der Waals surface area contributed by atoms with Gasteiger partial charge < -0.3 is 24.5 Å². The Morgan fingerprint density at radius 3 is 2.48 bits per heavy atom. The number of ether oxygens (including phenoxy) is 2. The van der Waals surface area contributed by atoms with Crippen LogP contribution in [0.2, 0.25) is 0 Å². The fourth-order valence-electron chi connectivity index (χ4n) is 3.42. The van der Waals surface area contributed by atoms with E-state index in [1.807, 2.05) is 37.3 Å². The fraction of sp³-hybridized carbons (Fsp3) is 0.320. The van der Waals surface area contributed by atoms with Crippen LogP contribution in [0.25, 0.3) is 0 Å². The van der Waals surface area contributed by atoms with Crippen LogP contribution in [0.1, 0.15) is 23.8 Å². The molecule has 0 amide bonds. The fourth-order valence-corrected chi connectivity index (χ4v) is 3.42. The lowest BCUT2D eigenvalue weighted by molar-refractivity contribution is 0.287. The van der Waals surface area contributed by atoms with Crippen molar-refractivity contribution >= 4 is 35.6 Å². The van der Waals surface area contributed by atoms with E-state index >= 15 is 0 Å². The minimum absolute atomic E-state index is 0. The van der Waals surface area contributed by atoms with E-state index in [2.05, 4.69) is 51.8 Å². The third kappa shape index (κ3) is 7.97. The first-order valence-electron chi connectivity index (χ1n) is 10.7. The number of nitrogens with zero attached hydrogens (tertiary/aromatic N) is 2. The second-order valence-corrected chi connectivity index (χ2v) is 7.37. The molecule has 0 unspecified atom stereocenters. The Kier molecular flexibility index (Phi) is 11.0. The van der Waals surface area contributed by atoms with E-state index in [4.69, 9.17) is 13.9 Å². The summed E-state index contributed by atoms with van der Waals surface area (Å²) >= 11 is 0. The molecule has 0 aliphatic carbocycles. The van der Waals surface area contributed by atoms with Gasteiger partial charge in [0.2, 0.25) is 0 Å². The molecule has 0 aliphatic heterocycles. The van der Waals surface area contributed by atoms with E-state index in [0.717, 1.165) is 24.5 Å². The maximum absolute atomic E-state index is 5.67. The van der Waals surface area contributed by atoms with Crippen LogP contribution in [-0.2, 0) is 19.6 Å². The van der Waals surface area contributed by atoms with Crippen LogP contribution in [0.5, 0.6) is 11.5 Å². The molecule has 7 nitrogen and oxygen atoms in total.